The number of carbonyl (C=O) groups excluding carboxylic acids is 3. The molecule has 0 bridgehead atoms. The second-order valence-corrected chi connectivity index (χ2v) is 16.0. The zero-order valence-electron chi connectivity index (χ0n) is 39.9. The van der Waals surface area contributed by atoms with Gasteiger partial charge in [0.05, 0.1) is 72.3 Å². The van der Waals surface area contributed by atoms with Gasteiger partial charge in [0, 0.05) is 58.1 Å². The molecule has 354 valence electrons. The molecule has 0 aliphatic rings. The first-order chi connectivity index (χ1) is 27.6. The summed E-state index contributed by atoms with van der Waals surface area (Å²) in [5.41, 5.74) is -0.903. The third-order valence-electron chi connectivity index (χ3n) is 7.89. The number of rotatable bonds is 31. The molecular formula is C44H96IN3O10. The van der Waals surface area contributed by atoms with Gasteiger partial charge in [0.2, 0.25) is 5.91 Å². The molecule has 0 aromatic heterocycles. The number of amides is 2. The molecule has 0 aromatic carbocycles. The van der Waals surface area contributed by atoms with Crippen LogP contribution in [0.5, 0.6) is 0 Å². The number of methoxy groups -OCH3 is 1. The van der Waals surface area contributed by atoms with E-state index < -0.39 is 5.60 Å². The van der Waals surface area contributed by atoms with E-state index in [4.69, 9.17) is 33.1 Å². The van der Waals surface area contributed by atoms with Crippen molar-refractivity contribution < 1.29 is 74.2 Å². The van der Waals surface area contributed by atoms with Gasteiger partial charge in [-0.2, -0.15) is 0 Å². The number of nitrogens with zero attached hydrogens (tertiary/aromatic N) is 2. The number of hydrogen-bond acceptors (Lipinski definition) is 11. The first-order valence-electron chi connectivity index (χ1n) is 21.6. The Hall–Kier alpha value is -1.08. The van der Waals surface area contributed by atoms with Crippen LogP contribution in [-0.4, -0.2) is 149 Å². The number of alkyl halides is 1. The zero-order chi connectivity index (χ0) is 46.1. The first kappa shape index (κ1) is 68.6. The number of aldehydes is 1. The Morgan fingerprint density at radius 1 is 0.845 bits per heavy atom. The molecule has 0 saturated heterocycles. The fraction of sp³-hybridized carbons (Fsp3) is 0.886. The molecule has 0 aliphatic heterocycles. The van der Waals surface area contributed by atoms with Crippen molar-refractivity contribution in [2.45, 2.75) is 139 Å². The standard InChI is InChI=1S/C27H53N2O6.C7H16O.C4H10O2.C2H7INO.C2H6.C2H4/c1-7-10-16-33-18-19-35-23-25(12-8-2)22-34-17-11-15-29(5,6)27(32)13-14-28(4)26(31)20-24(9-3)21-30;1-3-5-7-8-6-4-2;1-4(2,6)3-5;1-5-2-3-4;2*1-2/h21,24-25H,7-20,22-23H2,1-6H3;3-7H2,1-2H3;5-6H,3H2,1-2H3;2,4H2,1H3;1-2H3;1-2H2/q+1;;;-1;;. The fourth-order valence-corrected chi connectivity index (χ4v) is 4.55. The molecule has 2 unspecified atom stereocenters. The summed E-state index contributed by atoms with van der Waals surface area (Å²) in [4.78, 5) is 37.5. The van der Waals surface area contributed by atoms with E-state index in [2.05, 4.69) is 45.6 Å². The summed E-state index contributed by atoms with van der Waals surface area (Å²) >= 11 is -0.115. The van der Waals surface area contributed by atoms with Gasteiger partial charge in [0.1, 0.15) is 6.29 Å². The number of aliphatic hydroxyl groups is 2. The SMILES string of the molecule is C=C.CC.CC(C)(O)CO.CCCCOCCC.CCCCOCCOCC(CCC)COCCC[N+](C)(C)C(=O)CCN(C)C(=O)CC(C=O)CC.COC[I-]N. The summed E-state index contributed by atoms with van der Waals surface area (Å²) in [6.45, 7) is 30.4. The van der Waals surface area contributed by atoms with Gasteiger partial charge in [-0.3, -0.25) is 9.28 Å². The van der Waals surface area contributed by atoms with Crippen LogP contribution in [-0.2, 0) is 38.1 Å². The van der Waals surface area contributed by atoms with Gasteiger partial charge in [0.15, 0.2) is 0 Å². The number of unbranched alkanes of at least 4 members (excludes halogenated alkanes) is 2. The van der Waals surface area contributed by atoms with Crippen LogP contribution in [0.3, 0.4) is 0 Å². The molecule has 0 spiro atoms. The number of halogens is 1. The molecule has 2 atom stereocenters. The summed E-state index contributed by atoms with van der Waals surface area (Å²) in [5, 5.41) is 16.7. The predicted molar refractivity (Wildman–Crippen MR) is 237 cm³/mol. The molecule has 0 radical (unpaired) electrons. The predicted octanol–water partition coefficient (Wildman–Crippen LogP) is 4.05. The molecular weight excluding hydrogens is 857 g/mol. The summed E-state index contributed by atoms with van der Waals surface area (Å²) < 4.78 is 33.2. The number of nitrogens with two attached hydrogens (primary N) is 1. The topological polar surface area (TPSA) is 167 Å². The number of ether oxygens (including phenoxy) is 5. The molecule has 13 nitrogen and oxygen atoms in total. The van der Waals surface area contributed by atoms with E-state index in [1.54, 1.807) is 32.9 Å². The van der Waals surface area contributed by atoms with E-state index >= 15 is 0 Å². The second kappa shape index (κ2) is 53.9. The number of carbonyl (C=O) groups is 3. The third-order valence-corrected chi connectivity index (χ3v) is 8.87. The number of aliphatic hydroxyl groups excluding tert-OH is 1. The van der Waals surface area contributed by atoms with Crippen LogP contribution >= 0.6 is 0 Å². The molecule has 58 heavy (non-hydrogen) atoms. The van der Waals surface area contributed by atoms with Crippen LogP contribution in [0.2, 0.25) is 0 Å². The van der Waals surface area contributed by atoms with E-state index in [1.165, 1.54) is 12.8 Å². The van der Waals surface area contributed by atoms with Crippen molar-refractivity contribution in [3.8, 4) is 0 Å². The van der Waals surface area contributed by atoms with Gasteiger partial charge >= 0.3 is 47.8 Å². The Morgan fingerprint density at radius 3 is 1.72 bits per heavy atom. The number of quaternary nitrogens is 1. The van der Waals surface area contributed by atoms with E-state index in [9.17, 15) is 14.4 Å². The van der Waals surface area contributed by atoms with Crippen molar-refractivity contribution in [3.05, 3.63) is 13.2 Å². The van der Waals surface area contributed by atoms with Crippen LogP contribution in [0.25, 0.3) is 0 Å². The van der Waals surface area contributed by atoms with Crippen molar-refractivity contribution in [1.29, 1.82) is 0 Å². The molecule has 0 heterocycles. The monoisotopic (exact) mass is 954 g/mol. The minimum absolute atomic E-state index is 0.0884. The summed E-state index contributed by atoms with van der Waals surface area (Å²) in [7, 11) is 7.16. The average molecular weight is 954 g/mol. The normalized spacial score (nSPS) is 11.7. The first-order valence-corrected chi connectivity index (χ1v) is 24.3. The van der Waals surface area contributed by atoms with Crippen molar-refractivity contribution >= 4 is 18.1 Å². The summed E-state index contributed by atoms with van der Waals surface area (Å²) in [6.07, 6.45) is 10.7. The summed E-state index contributed by atoms with van der Waals surface area (Å²) in [5.74, 6) is 0.121. The Balaban J connectivity index is -0.000000237. The maximum atomic E-state index is 12.7. The van der Waals surface area contributed by atoms with Crippen LogP contribution in [0.4, 0.5) is 0 Å². The van der Waals surface area contributed by atoms with Crippen molar-refractivity contribution in [2.24, 2.45) is 15.8 Å². The van der Waals surface area contributed by atoms with Gasteiger partial charge in [-0.1, -0.05) is 67.7 Å². The van der Waals surface area contributed by atoms with Gasteiger partial charge < -0.3 is 38.9 Å². The van der Waals surface area contributed by atoms with Crippen LogP contribution in [0, 0.1) is 11.8 Å². The summed E-state index contributed by atoms with van der Waals surface area (Å²) in [6, 6.07) is 0. The Bertz CT molecular complexity index is 828. The Morgan fingerprint density at radius 2 is 1.33 bits per heavy atom. The van der Waals surface area contributed by atoms with E-state index in [-0.39, 0.29) is 56.7 Å². The van der Waals surface area contributed by atoms with Crippen molar-refractivity contribution in [2.75, 3.05) is 105 Å². The quantitative estimate of drug-likeness (QED) is 0.0175. The average Bonchev–Trinajstić information content (AvgIpc) is 3.22. The number of hydrogen-bond donors (Lipinski definition) is 3. The molecule has 0 rings (SSSR count). The molecule has 14 heteroatoms. The molecule has 0 aliphatic carbocycles. The van der Waals surface area contributed by atoms with E-state index in [1.807, 2.05) is 34.9 Å². The molecule has 0 saturated carbocycles. The van der Waals surface area contributed by atoms with Gasteiger partial charge in [-0.25, -0.2) is 4.79 Å². The van der Waals surface area contributed by atoms with Gasteiger partial charge in [-0.05, 0) is 46.0 Å². The van der Waals surface area contributed by atoms with E-state index in [0.29, 0.717) is 64.9 Å². The van der Waals surface area contributed by atoms with Gasteiger partial charge in [-0.15, -0.1) is 13.2 Å². The van der Waals surface area contributed by atoms with Crippen molar-refractivity contribution in [1.82, 2.24) is 4.90 Å². The van der Waals surface area contributed by atoms with Crippen LogP contribution in [0.15, 0.2) is 13.2 Å². The molecule has 4 N–H and O–H groups in total. The minimum atomic E-state index is -0.903. The Labute approximate surface area is 368 Å². The Kier molecular flexibility index (Phi) is 63.8. The second-order valence-electron chi connectivity index (χ2n) is 14.5. The maximum absolute atomic E-state index is 12.7. The van der Waals surface area contributed by atoms with Crippen LogP contribution in [0.1, 0.15) is 133 Å². The van der Waals surface area contributed by atoms with Crippen LogP contribution < -0.4 is 25.4 Å². The fourth-order valence-electron chi connectivity index (χ4n) is 4.19. The molecule has 0 aromatic rings. The van der Waals surface area contributed by atoms with Crippen molar-refractivity contribution in [3.63, 3.8) is 0 Å². The molecule has 2 amide bonds. The zero-order valence-corrected chi connectivity index (χ0v) is 42.1. The third kappa shape index (κ3) is 57.0. The van der Waals surface area contributed by atoms with Gasteiger partial charge in [0.25, 0.3) is 0 Å². The van der Waals surface area contributed by atoms with E-state index in [0.717, 1.165) is 69.2 Å². The molecule has 0 fully saturated rings.